The molecule has 0 aliphatic carbocycles. The lowest BCUT2D eigenvalue weighted by atomic mass is 10.00. The van der Waals surface area contributed by atoms with E-state index in [1.807, 2.05) is 0 Å². The second-order valence-corrected chi connectivity index (χ2v) is 8.84. The zero-order valence-electron chi connectivity index (χ0n) is 20.0. The highest BCUT2D eigenvalue weighted by Gasteiger charge is 2.29. The summed E-state index contributed by atoms with van der Waals surface area (Å²) in [6, 6.07) is 7.32. The first-order chi connectivity index (χ1) is 17.4. The van der Waals surface area contributed by atoms with Crippen LogP contribution in [0.3, 0.4) is 0 Å². The number of anilines is 1. The first-order valence-corrected chi connectivity index (χ1v) is 11.7. The Kier molecular flexibility index (Phi) is 6.36. The van der Waals surface area contributed by atoms with E-state index < -0.39 is 11.6 Å². The van der Waals surface area contributed by atoms with Gasteiger partial charge in [0.2, 0.25) is 0 Å². The third-order valence-electron chi connectivity index (χ3n) is 6.56. The van der Waals surface area contributed by atoms with Gasteiger partial charge in [-0.2, -0.15) is 5.10 Å². The van der Waals surface area contributed by atoms with Crippen molar-refractivity contribution in [2.45, 2.75) is 25.3 Å². The number of aromatic nitrogens is 4. The molecule has 0 amide bonds. The van der Waals surface area contributed by atoms with Crippen LogP contribution < -0.4 is 15.4 Å². The lowest BCUT2D eigenvalue weighted by Crippen LogP contribution is -2.36. The van der Waals surface area contributed by atoms with E-state index in [2.05, 4.69) is 20.0 Å². The molecule has 2 aromatic carbocycles. The second-order valence-electron chi connectivity index (χ2n) is 8.84. The Morgan fingerprint density at radius 3 is 2.86 bits per heavy atom. The van der Waals surface area contributed by atoms with Crippen molar-refractivity contribution in [3.63, 3.8) is 0 Å². The third kappa shape index (κ3) is 4.17. The van der Waals surface area contributed by atoms with Crippen LogP contribution in [0.2, 0.25) is 0 Å². The first kappa shape index (κ1) is 23.8. The van der Waals surface area contributed by atoms with Crippen LogP contribution >= 0.6 is 0 Å². The molecular formula is C26H26F2N6O2. The number of ketones is 1. The molecule has 2 N–H and O–H groups in total. The molecule has 1 aliphatic heterocycles. The van der Waals surface area contributed by atoms with Crippen LogP contribution in [-0.4, -0.2) is 51.8 Å². The monoisotopic (exact) mass is 492 g/mol. The quantitative estimate of drug-likeness (QED) is 0.393. The molecule has 1 aliphatic rings. The maximum atomic E-state index is 15.1. The molecule has 8 nitrogen and oxygen atoms in total. The van der Waals surface area contributed by atoms with E-state index in [4.69, 9.17) is 10.5 Å². The maximum Gasteiger partial charge on any atom is 0.185 e. The normalized spacial score (nSPS) is 15.6. The van der Waals surface area contributed by atoms with Gasteiger partial charge in [0, 0.05) is 50.4 Å². The summed E-state index contributed by atoms with van der Waals surface area (Å²) in [5, 5.41) is 4.91. The Balaban J connectivity index is 1.56. The smallest absolute Gasteiger partial charge is 0.185 e. The molecule has 3 heterocycles. The lowest BCUT2D eigenvalue weighted by molar-refractivity contribution is 0.0988. The summed E-state index contributed by atoms with van der Waals surface area (Å²) < 4.78 is 36.5. The molecular weight excluding hydrogens is 466 g/mol. The number of benzene rings is 2. The van der Waals surface area contributed by atoms with Gasteiger partial charge in [0.05, 0.1) is 18.4 Å². The number of halogens is 2. The molecule has 0 radical (unpaired) electrons. The second kappa shape index (κ2) is 9.62. The standard InChI is InChI=1S/C26H26F2N6O2/c1-33-14-17-24(32-33)19(28)11-15(25(17)34-10-4-5-16(34)13-29)12-21(35)20-8-9-30-26(31-20)23-18(27)6-3-7-22(23)36-2/h3,6-9,11,14,16H,4-5,10,12-13,29H2,1-2H3/t16-/m1/s1. The molecule has 4 aromatic rings. The average Bonchev–Trinajstić information content (AvgIpc) is 3.50. The number of nitrogens with two attached hydrogens (primary N) is 1. The molecule has 1 saturated heterocycles. The van der Waals surface area contributed by atoms with E-state index in [1.165, 1.54) is 37.6 Å². The van der Waals surface area contributed by atoms with Crippen molar-refractivity contribution in [2.75, 3.05) is 25.1 Å². The number of ether oxygens (including phenoxy) is 1. The highest BCUT2D eigenvalue weighted by molar-refractivity contribution is 6.00. The van der Waals surface area contributed by atoms with Crippen molar-refractivity contribution in [3.8, 4) is 17.1 Å². The molecule has 0 spiro atoms. The third-order valence-corrected chi connectivity index (χ3v) is 6.56. The van der Waals surface area contributed by atoms with Gasteiger partial charge in [-0.1, -0.05) is 6.07 Å². The number of fused-ring (bicyclic) bond motifs is 1. The van der Waals surface area contributed by atoms with Gasteiger partial charge in [-0.25, -0.2) is 18.7 Å². The largest absolute Gasteiger partial charge is 0.496 e. The van der Waals surface area contributed by atoms with Gasteiger partial charge < -0.3 is 15.4 Å². The Hall–Kier alpha value is -3.92. The van der Waals surface area contributed by atoms with Gasteiger partial charge >= 0.3 is 0 Å². The number of hydrogen-bond acceptors (Lipinski definition) is 7. The minimum Gasteiger partial charge on any atom is -0.496 e. The summed E-state index contributed by atoms with van der Waals surface area (Å²) in [7, 11) is 3.16. The van der Waals surface area contributed by atoms with E-state index in [-0.39, 0.29) is 46.6 Å². The molecule has 0 saturated carbocycles. The SMILES string of the molecule is COc1cccc(F)c1-c1nccc(C(=O)Cc2cc(F)c3nn(C)cc3c2N2CCC[C@@H]2CN)n1. The van der Waals surface area contributed by atoms with Gasteiger partial charge in [-0.05, 0) is 42.7 Å². The van der Waals surface area contributed by atoms with Crippen LogP contribution in [0.25, 0.3) is 22.3 Å². The van der Waals surface area contributed by atoms with Gasteiger partial charge in [0.25, 0.3) is 0 Å². The zero-order valence-corrected chi connectivity index (χ0v) is 20.0. The van der Waals surface area contributed by atoms with E-state index in [9.17, 15) is 9.18 Å². The maximum absolute atomic E-state index is 15.1. The van der Waals surface area contributed by atoms with Crippen molar-refractivity contribution in [1.82, 2.24) is 19.7 Å². The van der Waals surface area contributed by atoms with E-state index in [1.54, 1.807) is 24.0 Å². The van der Waals surface area contributed by atoms with Crippen molar-refractivity contribution >= 4 is 22.4 Å². The average molecular weight is 493 g/mol. The van der Waals surface area contributed by atoms with Crippen LogP contribution in [0.4, 0.5) is 14.5 Å². The number of hydrogen-bond donors (Lipinski definition) is 1. The summed E-state index contributed by atoms with van der Waals surface area (Å²) in [5.74, 6) is -1.12. The van der Waals surface area contributed by atoms with E-state index >= 15 is 4.39 Å². The molecule has 1 atom stereocenters. The summed E-state index contributed by atoms with van der Waals surface area (Å²) in [5.41, 5.74) is 7.75. The van der Waals surface area contributed by atoms with Gasteiger partial charge in [0.15, 0.2) is 17.4 Å². The fourth-order valence-electron chi connectivity index (χ4n) is 4.94. The van der Waals surface area contributed by atoms with Crippen LogP contribution in [0.5, 0.6) is 5.75 Å². The Labute approximate surface area is 206 Å². The summed E-state index contributed by atoms with van der Waals surface area (Å²) >= 11 is 0. The van der Waals surface area contributed by atoms with Crippen molar-refractivity contribution in [3.05, 3.63) is 65.6 Å². The van der Waals surface area contributed by atoms with Gasteiger partial charge in [-0.3, -0.25) is 9.48 Å². The van der Waals surface area contributed by atoms with Gasteiger partial charge in [0.1, 0.15) is 22.8 Å². The highest BCUT2D eigenvalue weighted by Crippen LogP contribution is 2.37. The first-order valence-electron chi connectivity index (χ1n) is 11.7. The number of carbonyl (C=O) groups is 1. The molecule has 10 heteroatoms. The molecule has 0 unspecified atom stereocenters. The summed E-state index contributed by atoms with van der Waals surface area (Å²) in [4.78, 5) is 24.0. The number of nitrogens with zero attached hydrogens (tertiary/aromatic N) is 5. The van der Waals surface area contributed by atoms with Gasteiger partial charge in [-0.15, -0.1) is 0 Å². The number of rotatable bonds is 7. The Bertz CT molecular complexity index is 1450. The number of aryl methyl sites for hydroxylation is 1. The van der Waals surface area contributed by atoms with Crippen molar-refractivity contribution in [2.24, 2.45) is 12.8 Å². The topological polar surface area (TPSA) is 99.2 Å². The van der Waals surface area contributed by atoms with Crippen LogP contribution in [0.1, 0.15) is 28.9 Å². The lowest BCUT2D eigenvalue weighted by Gasteiger charge is -2.28. The molecule has 0 bridgehead atoms. The van der Waals surface area contributed by atoms with Crippen LogP contribution in [-0.2, 0) is 13.5 Å². The fraction of sp³-hybridized carbons (Fsp3) is 0.308. The van der Waals surface area contributed by atoms with E-state index in [0.29, 0.717) is 17.5 Å². The molecule has 36 heavy (non-hydrogen) atoms. The summed E-state index contributed by atoms with van der Waals surface area (Å²) in [6.07, 6.45) is 4.94. The number of carbonyl (C=O) groups excluding carboxylic acids is 1. The van der Waals surface area contributed by atoms with Crippen LogP contribution in [0.15, 0.2) is 42.7 Å². The molecule has 5 rings (SSSR count). The number of Topliss-reactive ketones (excluding diaryl/α,β-unsaturated/α-hetero) is 1. The molecule has 186 valence electrons. The Morgan fingerprint density at radius 2 is 2.08 bits per heavy atom. The van der Waals surface area contributed by atoms with Crippen molar-refractivity contribution in [1.29, 1.82) is 0 Å². The highest BCUT2D eigenvalue weighted by atomic mass is 19.1. The molecule has 1 fully saturated rings. The predicted octanol–water partition coefficient (Wildman–Crippen LogP) is 3.67. The van der Waals surface area contributed by atoms with Crippen LogP contribution in [0, 0.1) is 11.6 Å². The fourth-order valence-corrected chi connectivity index (χ4v) is 4.94. The Morgan fingerprint density at radius 1 is 1.25 bits per heavy atom. The van der Waals surface area contributed by atoms with E-state index in [0.717, 1.165) is 25.1 Å². The predicted molar refractivity (Wildman–Crippen MR) is 132 cm³/mol. The molecule has 2 aromatic heterocycles. The summed E-state index contributed by atoms with van der Waals surface area (Å²) in [6.45, 7) is 1.20. The van der Waals surface area contributed by atoms with Crippen molar-refractivity contribution < 1.29 is 18.3 Å². The minimum atomic E-state index is -0.563. The minimum absolute atomic E-state index is 0.0349. The zero-order chi connectivity index (χ0) is 25.4. The number of methoxy groups -OCH3 is 1.